The number of hydrogen-bond donors (Lipinski definition) is 2. The van der Waals surface area contributed by atoms with Gasteiger partial charge in [0.15, 0.2) is 6.61 Å². The zero-order valence-electron chi connectivity index (χ0n) is 16.7. The lowest BCUT2D eigenvalue weighted by atomic mass is 9.99. The summed E-state index contributed by atoms with van der Waals surface area (Å²) in [5.74, 6) is -0.570. The molecule has 3 rings (SSSR count). The Morgan fingerprint density at radius 2 is 1.87 bits per heavy atom. The molecule has 0 unspecified atom stereocenters. The number of nitro groups is 1. The number of esters is 1. The van der Waals surface area contributed by atoms with E-state index < -0.39 is 23.4 Å². The molecule has 0 radical (unpaired) electrons. The SMILES string of the molecule is CC1CCN(c2ccc(NC(=O)COC(=O)c3ccc([N+](=O)[O-])cc3N)cc2)CC1. The van der Waals surface area contributed by atoms with E-state index in [-0.39, 0.29) is 16.9 Å². The molecule has 0 aromatic heterocycles. The molecule has 1 aliphatic heterocycles. The van der Waals surface area contributed by atoms with Crippen molar-refractivity contribution in [1.29, 1.82) is 0 Å². The monoisotopic (exact) mass is 412 g/mol. The Labute approximate surface area is 174 Å². The van der Waals surface area contributed by atoms with Crippen molar-refractivity contribution in [2.24, 2.45) is 5.92 Å². The van der Waals surface area contributed by atoms with Crippen molar-refractivity contribution >= 4 is 34.6 Å². The fourth-order valence-electron chi connectivity index (χ4n) is 3.28. The van der Waals surface area contributed by atoms with Gasteiger partial charge in [0, 0.05) is 36.6 Å². The maximum Gasteiger partial charge on any atom is 0.340 e. The Morgan fingerprint density at radius 3 is 2.47 bits per heavy atom. The lowest BCUT2D eigenvalue weighted by Gasteiger charge is -2.32. The van der Waals surface area contributed by atoms with Gasteiger partial charge in [-0.2, -0.15) is 0 Å². The van der Waals surface area contributed by atoms with Crippen molar-refractivity contribution in [2.45, 2.75) is 19.8 Å². The molecule has 1 amide bonds. The molecule has 0 spiro atoms. The predicted octanol–water partition coefficient (Wildman–Crippen LogP) is 3.21. The van der Waals surface area contributed by atoms with Crippen LogP contribution in [0.2, 0.25) is 0 Å². The lowest BCUT2D eigenvalue weighted by Crippen LogP contribution is -2.32. The second kappa shape index (κ2) is 9.25. The van der Waals surface area contributed by atoms with Gasteiger partial charge < -0.3 is 20.7 Å². The number of hydrogen-bond acceptors (Lipinski definition) is 7. The number of non-ortho nitro benzene ring substituents is 1. The zero-order chi connectivity index (χ0) is 21.7. The van der Waals surface area contributed by atoms with Crippen LogP contribution in [-0.4, -0.2) is 36.5 Å². The summed E-state index contributed by atoms with van der Waals surface area (Å²) in [5.41, 5.74) is 7.02. The highest BCUT2D eigenvalue weighted by Gasteiger charge is 2.18. The molecule has 158 valence electrons. The van der Waals surface area contributed by atoms with E-state index in [0.29, 0.717) is 5.69 Å². The summed E-state index contributed by atoms with van der Waals surface area (Å²) in [4.78, 5) is 36.6. The first-order chi connectivity index (χ1) is 14.3. The number of amides is 1. The van der Waals surface area contributed by atoms with Gasteiger partial charge in [-0.25, -0.2) is 4.79 Å². The van der Waals surface area contributed by atoms with Crippen LogP contribution in [0.1, 0.15) is 30.1 Å². The van der Waals surface area contributed by atoms with Crippen LogP contribution in [0.15, 0.2) is 42.5 Å². The summed E-state index contributed by atoms with van der Waals surface area (Å²) in [5, 5.41) is 13.4. The molecule has 0 saturated carbocycles. The van der Waals surface area contributed by atoms with Crippen molar-refractivity contribution in [2.75, 3.05) is 35.6 Å². The maximum atomic E-state index is 12.1. The molecule has 9 heteroatoms. The third-order valence-electron chi connectivity index (χ3n) is 5.10. The quantitative estimate of drug-likeness (QED) is 0.323. The fraction of sp³-hybridized carbons (Fsp3) is 0.333. The number of nitrogen functional groups attached to an aromatic ring is 1. The van der Waals surface area contributed by atoms with Crippen molar-refractivity contribution in [3.63, 3.8) is 0 Å². The Kier molecular flexibility index (Phi) is 6.51. The van der Waals surface area contributed by atoms with E-state index in [1.807, 2.05) is 12.1 Å². The highest BCUT2D eigenvalue weighted by molar-refractivity contribution is 5.98. The molecular formula is C21H24N4O5. The van der Waals surface area contributed by atoms with Gasteiger partial charge in [-0.15, -0.1) is 0 Å². The van der Waals surface area contributed by atoms with Crippen molar-refractivity contribution < 1.29 is 19.2 Å². The first kappa shape index (κ1) is 21.1. The number of carbonyl (C=O) groups excluding carboxylic acids is 2. The van der Waals surface area contributed by atoms with Gasteiger partial charge in [-0.05, 0) is 49.1 Å². The molecule has 9 nitrogen and oxygen atoms in total. The number of benzene rings is 2. The first-order valence-electron chi connectivity index (χ1n) is 9.69. The topological polar surface area (TPSA) is 128 Å². The number of piperidine rings is 1. The van der Waals surface area contributed by atoms with Crippen molar-refractivity contribution in [3.8, 4) is 0 Å². The third-order valence-corrected chi connectivity index (χ3v) is 5.10. The van der Waals surface area contributed by atoms with E-state index in [4.69, 9.17) is 10.5 Å². The van der Waals surface area contributed by atoms with Gasteiger partial charge in [-0.1, -0.05) is 6.92 Å². The van der Waals surface area contributed by atoms with Gasteiger partial charge in [-0.3, -0.25) is 14.9 Å². The number of anilines is 3. The fourth-order valence-corrected chi connectivity index (χ4v) is 3.28. The molecule has 2 aromatic rings. The summed E-state index contributed by atoms with van der Waals surface area (Å²) < 4.78 is 4.96. The van der Waals surface area contributed by atoms with Crippen LogP contribution in [0, 0.1) is 16.0 Å². The number of nitrogens with zero attached hydrogens (tertiary/aromatic N) is 2. The van der Waals surface area contributed by atoms with E-state index in [9.17, 15) is 19.7 Å². The molecule has 3 N–H and O–H groups in total. The van der Waals surface area contributed by atoms with E-state index in [1.54, 1.807) is 12.1 Å². The Balaban J connectivity index is 1.51. The summed E-state index contributed by atoms with van der Waals surface area (Å²) >= 11 is 0. The Hall–Kier alpha value is -3.62. The minimum atomic E-state index is -0.827. The lowest BCUT2D eigenvalue weighted by molar-refractivity contribution is -0.384. The molecule has 0 atom stereocenters. The van der Waals surface area contributed by atoms with Gasteiger partial charge in [0.25, 0.3) is 11.6 Å². The van der Waals surface area contributed by atoms with Crippen LogP contribution in [0.25, 0.3) is 0 Å². The van der Waals surface area contributed by atoms with Crippen LogP contribution < -0.4 is 16.0 Å². The van der Waals surface area contributed by atoms with Crippen LogP contribution in [0.3, 0.4) is 0 Å². The highest BCUT2D eigenvalue weighted by Crippen LogP contribution is 2.24. The van der Waals surface area contributed by atoms with Crippen LogP contribution in [-0.2, 0) is 9.53 Å². The molecule has 1 fully saturated rings. The zero-order valence-corrected chi connectivity index (χ0v) is 16.7. The number of rotatable bonds is 6. The second-order valence-electron chi connectivity index (χ2n) is 7.37. The van der Waals surface area contributed by atoms with E-state index in [2.05, 4.69) is 17.1 Å². The molecule has 0 bridgehead atoms. The van der Waals surface area contributed by atoms with Crippen molar-refractivity contribution in [3.05, 3.63) is 58.1 Å². The van der Waals surface area contributed by atoms with E-state index in [1.165, 1.54) is 18.9 Å². The smallest absolute Gasteiger partial charge is 0.340 e. The van der Waals surface area contributed by atoms with Gasteiger partial charge in [0.1, 0.15) is 0 Å². The van der Waals surface area contributed by atoms with Gasteiger partial charge in [0.2, 0.25) is 0 Å². The predicted molar refractivity (Wildman–Crippen MR) is 113 cm³/mol. The number of ether oxygens (including phenoxy) is 1. The summed E-state index contributed by atoms with van der Waals surface area (Å²) in [7, 11) is 0. The molecule has 1 heterocycles. The van der Waals surface area contributed by atoms with Gasteiger partial charge in [0.05, 0.1) is 16.2 Å². The number of nitro benzene ring substituents is 1. The molecule has 1 aliphatic rings. The maximum absolute atomic E-state index is 12.1. The Morgan fingerprint density at radius 1 is 1.20 bits per heavy atom. The highest BCUT2D eigenvalue weighted by atomic mass is 16.6. The summed E-state index contributed by atoms with van der Waals surface area (Å²) in [6.45, 7) is 3.81. The minimum absolute atomic E-state index is 0.0337. The largest absolute Gasteiger partial charge is 0.452 e. The van der Waals surface area contributed by atoms with E-state index in [0.717, 1.165) is 36.8 Å². The third kappa shape index (κ3) is 5.25. The molecular weight excluding hydrogens is 388 g/mol. The molecule has 2 aromatic carbocycles. The first-order valence-corrected chi connectivity index (χ1v) is 9.69. The summed E-state index contributed by atoms with van der Waals surface area (Å²) in [6, 6.07) is 10.9. The molecule has 0 aliphatic carbocycles. The number of nitrogens with one attached hydrogen (secondary N) is 1. The average Bonchev–Trinajstić information content (AvgIpc) is 2.73. The van der Waals surface area contributed by atoms with E-state index >= 15 is 0 Å². The van der Waals surface area contributed by atoms with Crippen LogP contribution >= 0.6 is 0 Å². The number of nitrogens with two attached hydrogens (primary N) is 1. The standard InChI is InChI=1S/C21H24N4O5/c1-14-8-10-24(11-9-14)16-4-2-15(3-5-16)23-20(26)13-30-21(27)18-7-6-17(25(28)29)12-19(18)22/h2-7,12,14H,8-11,13,22H2,1H3,(H,23,26). The van der Waals surface area contributed by atoms with Gasteiger partial charge >= 0.3 is 5.97 Å². The minimum Gasteiger partial charge on any atom is -0.452 e. The molecule has 30 heavy (non-hydrogen) atoms. The average molecular weight is 412 g/mol. The second-order valence-corrected chi connectivity index (χ2v) is 7.37. The van der Waals surface area contributed by atoms with Crippen LogP contribution in [0.4, 0.5) is 22.7 Å². The normalized spacial score (nSPS) is 14.2. The summed E-state index contributed by atoms with van der Waals surface area (Å²) in [6.07, 6.45) is 2.34. The van der Waals surface area contributed by atoms with Crippen LogP contribution in [0.5, 0.6) is 0 Å². The van der Waals surface area contributed by atoms with Crippen molar-refractivity contribution in [1.82, 2.24) is 0 Å². The molecule has 1 saturated heterocycles. The Bertz CT molecular complexity index is 937. The number of carbonyl (C=O) groups is 2.